The van der Waals surface area contributed by atoms with Gasteiger partial charge in [-0.2, -0.15) is 4.31 Å². The molecular formula is C32H42N4O5S2. The van der Waals surface area contributed by atoms with Crippen molar-refractivity contribution in [2.45, 2.75) is 75.5 Å². The first kappa shape index (κ1) is 31.4. The molecule has 11 heteroatoms. The van der Waals surface area contributed by atoms with Crippen LogP contribution in [0.5, 0.6) is 5.75 Å². The summed E-state index contributed by atoms with van der Waals surface area (Å²) in [5, 5.41) is 10.3. The molecule has 2 amide bonds. The maximum atomic E-state index is 13.6. The lowest BCUT2D eigenvalue weighted by Gasteiger charge is -2.27. The Morgan fingerprint density at radius 3 is 2.51 bits per heavy atom. The summed E-state index contributed by atoms with van der Waals surface area (Å²) in [6, 6.07) is 15.2. The van der Waals surface area contributed by atoms with E-state index in [1.165, 1.54) is 15.6 Å². The average molecular weight is 627 g/mol. The zero-order chi connectivity index (χ0) is 30.4. The highest BCUT2D eigenvalue weighted by atomic mass is 32.2. The van der Waals surface area contributed by atoms with Crippen molar-refractivity contribution in [3.05, 3.63) is 59.5 Å². The van der Waals surface area contributed by atoms with Crippen LogP contribution in [0.15, 0.2) is 59.5 Å². The molecule has 0 radical (unpaired) electrons. The Balaban J connectivity index is 1.23. The number of nitrogens with one attached hydrogen (secondary N) is 3. The van der Waals surface area contributed by atoms with E-state index in [0.29, 0.717) is 36.4 Å². The van der Waals surface area contributed by atoms with E-state index in [9.17, 15) is 18.0 Å². The molecule has 3 N–H and O–H groups in total. The number of carbonyl (C=O) groups excluding carboxylic acids is 2. The first-order chi connectivity index (χ1) is 20.7. The van der Waals surface area contributed by atoms with Gasteiger partial charge in [-0.15, -0.1) is 11.3 Å². The van der Waals surface area contributed by atoms with Crippen molar-refractivity contribution in [1.29, 1.82) is 0 Å². The van der Waals surface area contributed by atoms with Crippen molar-refractivity contribution in [3.8, 4) is 5.75 Å². The quantitative estimate of drug-likeness (QED) is 0.305. The monoisotopic (exact) mass is 626 g/mol. The zero-order valence-corrected chi connectivity index (χ0v) is 26.5. The number of benzene rings is 2. The van der Waals surface area contributed by atoms with E-state index < -0.39 is 16.1 Å². The summed E-state index contributed by atoms with van der Waals surface area (Å²) in [5.41, 5.74) is 0. The minimum Gasteiger partial charge on any atom is -0.490 e. The van der Waals surface area contributed by atoms with Gasteiger partial charge in [-0.1, -0.05) is 38.5 Å². The van der Waals surface area contributed by atoms with E-state index in [-0.39, 0.29) is 41.3 Å². The lowest BCUT2D eigenvalue weighted by atomic mass is 10.0. The SMILES string of the molecule is CC(C)CC(NC(=O)c1cc2ccccc2s1)C(=O)NC1CCCCN(S(=O)(=O)c2ccc(OC3CCNCC3)cc2)C1. The molecule has 0 saturated carbocycles. The number of ether oxygens (including phenoxy) is 1. The topological polar surface area (TPSA) is 117 Å². The molecule has 2 atom stereocenters. The van der Waals surface area contributed by atoms with Crippen LogP contribution in [0.4, 0.5) is 0 Å². The first-order valence-electron chi connectivity index (χ1n) is 15.3. The zero-order valence-electron chi connectivity index (χ0n) is 24.9. The number of hydrogen-bond acceptors (Lipinski definition) is 7. The van der Waals surface area contributed by atoms with Crippen LogP contribution in [-0.2, 0) is 14.8 Å². The number of nitrogens with zero attached hydrogens (tertiary/aromatic N) is 1. The van der Waals surface area contributed by atoms with Crippen LogP contribution in [0.2, 0.25) is 0 Å². The van der Waals surface area contributed by atoms with Crippen LogP contribution in [0, 0.1) is 5.92 Å². The van der Waals surface area contributed by atoms with Gasteiger partial charge >= 0.3 is 0 Å². The first-order valence-corrected chi connectivity index (χ1v) is 17.5. The highest BCUT2D eigenvalue weighted by Gasteiger charge is 2.32. The number of sulfonamides is 1. The molecule has 2 aliphatic heterocycles. The van der Waals surface area contributed by atoms with Gasteiger partial charge in [-0.05, 0) is 92.9 Å². The number of carbonyl (C=O) groups is 2. The lowest BCUT2D eigenvalue weighted by Crippen LogP contribution is -2.52. The lowest BCUT2D eigenvalue weighted by molar-refractivity contribution is -0.124. The number of piperidine rings is 1. The van der Waals surface area contributed by atoms with Gasteiger partial charge in [0.1, 0.15) is 17.9 Å². The van der Waals surface area contributed by atoms with Crippen molar-refractivity contribution >= 4 is 43.3 Å². The van der Waals surface area contributed by atoms with Crippen molar-refractivity contribution in [1.82, 2.24) is 20.3 Å². The van der Waals surface area contributed by atoms with E-state index >= 15 is 0 Å². The van der Waals surface area contributed by atoms with Crippen molar-refractivity contribution < 1.29 is 22.7 Å². The molecule has 0 spiro atoms. The fourth-order valence-electron chi connectivity index (χ4n) is 5.72. The predicted molar refractivity (Wildman–Crippen MR) is 170 cm³/mol. The third-order valence-electron chi connectivity index (χ3n) is 8.01. The molecule has 43 heavy (non-hydrogen) atoms. The van der Waals surface area contributed by atoms with Crippen molar-refractivity contribution in [2.24, 2.45) is 5.92 Å². The normalized spacial score (nSPS) is 19.6. The number of fused-ring (bicyclic) bond motifs is 1. The molecule has 5 rings (SSSR count). The van der Waals surface area contributed by atoms with Gasteiger partial charge in [0.2, 0.25) is 15.9 Å². The molecule has 1 aromatic heterocycles. The van der Waals surface area contributed by atoms with Gasteiger partial charge < -0.3 is 20.7 Å². The van der Waals surface area contributed by atoms with Gasteiger partial charge in [-0.3, -0.25) is 9.59 Å². The molecule has 2 fully saturated rings. The van der Waals surface area contributed by atoms with E-state index in [2.05, 4.69) is 16.0 Å². The molecular weight excluding hydrogens is 585 g/mol. The Hall–Kier alpha value is -2.99. The van der Waals surface area contributed by atoms with Crippen LogP contribution in [0.25, 0.3) is 10.1 Å². The second kappa shape index (κ2) is 14.2. The molecule has 2 unspecified atom stereocenters. The summed E-state index contributed by atoms with van der Waals surface area (Å²) < 4.78 is 35.8. The molecule has 232 valence electrons. The molecule has 3 aromatic rings. The Bertz CT molecular complexity index is 1470. The van der Waals surface area contributed by atoms with Crippen molar-refractivity contribution in [3.63, 3.8) is 0 Å². The smallest absolute Gasteiger partial charge is 0.262 e. The number of amides is 2. The fraction of sp³-hybridized carbons (Fsp3) is 0.500. The summed E-state index contributed by atoms with van der Waals surface area (Å²) in [4.78, 5) is 27.4. The summed E-state index contributed by atoms with van der Waals surface area (Å²) in [6.07, 6.45) is 4.63. The predicted octanol–water partition coefficient (Wildman–Crippen LogP) is 4.54. The molecule has 0 aliphatic carbocycles. The maximum absolute atomic E-state index is 13.6. The van der Waals surface area contributed by atoms with Gasteiger partial charge in [0.15, 0.2) is 0 Å². The summed E-state index contributed by atoms with van der Waals surface area (Å²) >= 11 is 1.40. The van der Waals surface area contributed by atoms with Gasteiger partial charge in [0.25, 0.3) is 5.91 Å². The summed E-state index contributed by atoms with van der Waals surface area (Å²) in [6.45, 7) is 6.42. The highest BCUT2D eigenvalue weighted by molar-refractivity contribution is 7.89. The number of hydrogen-bond donors (Lipinski definition) is 3. The van der Waals surface area contributed by atoms with Crippen LogP contribution < -0.4 is 20.7 Å². The van der Waals surface area contributed by atoms with Crippen molar-refractivity contribution in [2.75, 3.05) is 26.2 Å². The molecule has 9 nitrogen and oxygen atoms in total. The molecule has 2 aromatic carbocycles. The Labute approximate surface area is 258 Å². The van der Waals surface area contributed by atoms with Gasteiger partial charge in [-0.25, -0.2) is 8.42 Å². The van der Waals surface area contributed by atoms with Crippen LogP contribution in [0.3, 0.4) is 0 Å². The fourth-order valence-corrected chi connectivity index (χ4v) is 8.21. The number of thiophene rings is 1. The minimum absolute atomic E-state index is 0.132. The molecule has 2 aliphatic rings. The van der Waals surface area contributed by atoms with Gasteiger partial charge in [0.05, 0.1) is 9.77 Å². The molecule has 2 saturated heterocycles. The second-order valence-corrected chi connectivity index (χ2v) is 14.9. The van der Waals surface area contributed by atoms with Crippen LogP contribution >= 0.6 is 11.3 Å². The summed E-state index contributed by atoms with van der Waals surface area (Å²) in [7, 11) is -3.76. The third-order valence-corrected chi connectivity index (χ3v) is 11.0. The van der Waals surface area contributed by atoms with Crippen LogP contribution in [-0.4, -0.2) is 68.9 Å². The largest absolute Gasteiger partial charge is 0.490 e. The van der Waals surface area contributed by atoms with Gasteiger partial charge in [0, 0.05) is 23.8 Å². The van der Waals surface area contributed by atoms with E-state index in [1.54, 1.807) is 24.3 Å². The average Bonchev–Trinajstić information content (AvgIpc) is 3.29. The molecule has 3 heterocycles. The van der Waals surface area contributed by atoms with Crippen LogP contribution in [0.1, 0.15) is 62.0 Å². The highest BCUT2D eigenvalue weighted by Crippen LogP contribution is 2.26. The van der Waals surface area contributed by atoms with E-state index in [0.717, 1.165) is 42.4 Å². The maximum Gasteiger partial charge on any atom is 0.262 e. The Morgan fingerprint density at radius 2 is 1.79 bits per heavy atom. The minimum atomic E-state index is -3.76. The van der Waals surface area contributed by atoms with E-state index in [4.69, 9.17) is 4.74 Å². The third kappa shape index (κ3) is 8.14. The second-order valence-electron chi connectivity index (χ2n) is 11.9. The summed E-state index contributed by atoms with van der Waals surface area (Å²) in [5.74, 6) is 0.276. The Kier molecular flexibility index (Phi) is 10.4. The van der Waals surface area contributed by atoms with E-state index in [1.807, 2.05) is 44.2 Å². The number of rotatable bonds is 10. The Morgan fingerprint density at radius 1 is 1.05 bits per heavy atom. The standard InChI is InChI=1S/C32H42N4O5S2/c1-22(2)19-28(35-32(38)30-20-23-7-3-4-9-29(23)42-30)31(37)34-24-8-5-6-18-36(21-24)43(39,40)27-12-10-25(11-13-27)41-26-14-16-33-17-15-26/h3-4,7,9-13,20,22,24,26,28,33H,5-6,8,14-19,21H2,1-2H3,(H,34,37)(H,35,38). The molecule has 0 bridgehead atoms.